The number of aliphatic hydroxyl groups excluding tert-OH is 1. The molecule has 100 valence electrons. The number of anilines is 1. The van der Waals surface area contributed by atoms with E-state index >= 15 is 0 Å². The minimum absolute atomic E-state index is 0.109. The standard InChI is InChI=1S/C14H21FN2O/c15-12-5-6-14(11(9-12)10-16)17(7-8-18)13-3-1-2-4-13/h5-6,9,13,18H,1-4,7-8,10,16H2. The van der Waals surface area contributed by atoms with E-state index in [-0.39, 0.29) is 12.4 Å². The predicted molar refractivity (Wildman–Crippen MR) is 71.0 cm³/mol. The van der Waals surface area contributed by atoms with Crippen molar-refractivity contribution in [3.63, 3.8) is 0 Å². The summed E-state index contributed by atoms with van der Waals surface area (Å²) < 4.78 is 13.2. The van der Waals surface area contributed by atoms with Crippen molar-refractivity contribution in [2.24, 2.45) is 5.73 Å². The lowest BCUT2D eigenvalue weighted by Crippen LogP contribution is -2.36. The normalized spacial score (nSPS) is 16.2. The van der Waals surface area contributed by atoms with Crippen LogP contribution in [0.3, 0.4) is 0 Å². The summed E-state index contributed by atoms with van der Waals surface area (Å²) >= 11 is 0. The van der Waals surface area contributed by atoms with E-state index in [1.165, 1.54) is 25.0 Å². The Labute approximate surface area is 107 Å². The van der Waals surface area contributed by atoms with E-state index in [0.29, 0.717) is 19.1 Å². The summed E-state index contributed by atoms with van der Waals surface area (Å²) in [6.45, 7) is 1.02. The lowest BCUT2D eigenvalue weighted by molar-refractivity contribution is 0.297. The second-order valence-corrected chi connectivity index (χ2v) is 4.83. The van der Waals surface area contributed by atoms with E-state index in [4.69, 9.17) is 5.73 Å². The van der Waals surface area contributed by atoms with E-state index in [0.717, 1.165) is 24.1 Å². The first kappa shape index (κ1) is 13.3. The summed E-state index contributed by atoms with van der Waals surface area (Å²) in [5, 5.41) is 9.23. The zero-order chi connectivity index (χ0) is 13.0. The molecule has 0 heterocycles. The third-order valence-electron chi connectivity index (χ3n) is 3.68. The summed E-state index contributed by atoms with van der Waals surface area (Å²) in [4.78, 5) is 2.19. The third-order valence-corrected chi connectivity index (χ3v) is 3.68. The summed E-state index contributed by atoms with van der Waals surface area (Å²) in [5.74, 6) is -0.255. The molecule has 0 aliphatic heterocycles. The summed E-state index contributed by atoms with van der Waals surface area (Å²) in [6.07, 6.45) is 4.74. The topological polar surface area (TPSA) is 49.5 Å². The molecule has 3 N–H and O–H groups in total. The van der Waals surface area contributed by atoms with Gasteiger partial charge in [0.2, 0.25) is 0 Å². The molecule has 0 atom stereocenters. The second kappa shape index (κ2) is 6.16. The molecule has 4 heteroatoms. The smallest absolute Gasteiger partial charge is 0.123 e. The van der Waals surface area contributed by atoms with Crippen LogP contribution in [0.15, 0.2) is 18.2 Å². The Morgan fingerprint density at radius 2 is 2.06 bits per heavy atom. The molecule has 1 aliphatic carbocycles. The van der Waals surface area contributed by atoms with Gasteiger partial charge in [-0.1, -0.05) is 12.8 Å². The fourth-order valence-corrected chi connectivity index (χ4v) is 2.82. The molecule has 18 heavy (non-hydrogen) atoms. The molecule has 1 fully saturated rings. The molecule has 1 saturated carbocycles. The number of halogens is 1. The summed E-state index contributed by atoms with van der Waals surface area (Å²) in [5.41, 5.74) is 7.48. The Morgan fingerprint density at radius 3 is 2.67 bits per heavy atom. The first-order valence-electron chi connectivity index (χ1n) is 6.62. The van der Waals surface area contributed by atoms with Gasteiger partial charge in [0.25, 0.3) is 0 Å². The first-order valence-corrected chi connectivity index (χ1v) is 6.62. The number of benzene rings is 1. The monoisotopic (exact) mass is 252 g/mol. The fourth-order valence-electron chi connectivity index (χ4n) is 2.82. The molecule has 0 spiro atoms. The van der Waals surface area contributed by atoms with E-state index in [9.17, 15) is 9.50 Å². The second-order valence-electron chi connectivity index (χ2n) is 4.83. The molecule has 0 saturated heterocycles. The van der Waals surface area contributed by atoms with Crippen molar-refractivity contribution in [2.45, 2.75) is 38.3 Å². The Morgan fingerprint density at radius 1 is 1.33 bits per heavy atom. The van der Waals surface area contributed by atoms with Crippen molar-refractivity contribution in [3.8, 4) is 0 Å². The Balaban J connectivity index is 2.28. The Kier molecular flexibility index (Phi) is 4.55. The highest BCUT2D eigenvalue weighted by molar-refractivity contribution is 5.54. The molecule has 0 aromatic heterocycles. The fraction of sp³-hybridized carbons (Fsp3) is 0.571. The maximum absolute atomic E-state index is 13.2. The quantitative estimate of drug-likeness (QED) is 0.843. The molecular formula is C14H21FN2O. The lowest BCUT2D eigenvalue weighted by Gasteiger charge is -2.32. The van der Waals surface area contributed by atoms with Crippen LogP contribution >= 0.6 is 0 Å². The van der Waals surface area contributed by atoms with Crippen molar-refractivity contribution in [2.75, 3.05) is 18.1 Å². The van der Waals surface area contributed by atoms with Gasteiger partial charge in [-0.3, -0.25) is 0 Å². The number of hydrogen-bond donors (Lipinski definition) is 2. The van der Waals surface area contributed by atoms with Gasteiger partial charge in [-0.25, -0.2) is 4.39 Å². The molecule has 0 amide bonds. The van der Waals surface area contributed by atoms with Crippen LogP contribution in [-0.2, 0) is 6.54 Å². The van der Waals surface area contributed by atoms with Gasteiger partial charge in [-0.05, 0) is 36.6 Å². The number of rotatable bonds is 5. The van der Waals surface area contributed by atoms with Crippen molar-refractivity contribution >= 4 is 5.69 Å². The number of nitrogens with zero attached hydrogens (tertiary/aromatic N) is 1. The summed E-state index contributed by atoms with van der Waals surface area (Å²) in [7, 11) is 0. The molecule has 1 aromatic carbocycles. The van der Waals surface area contributed by atoms with Crippen molar-refractivity contribution in [3.05, 3.63) is 29.6 Å². The predicted octanol–water partition coefficient (Wildman–Crippen LogP) is 2.03. The Hall–Kier alpha value is -1.13. The van der Waals surface area contributed by atoms with Crippen LogP contribution in [0.2, 0.25) is 0 Å². The molecule has 1 aromatic rings. The van der Waals surface area contributed by atoms with Crippen LogP contribution in [0.4, 0.5) is 10.1 Å². The van der Waals surface area contributed by atoms with Crippen LogP contribution in [0, 0.1) is 5.82 Å². The van der Waals surface area contributed by atoms with E-state index in [1.807, 2.05) is 0 Å². The third kappa shape index (κ3) is 2.82. The zero-order valence-electron chi connectivity index (χ0n) is 10.6. The van der Waals surface area contributed by atoms with Gasteiger partial charge in [-0.15, -0.1) is 0 Å². The van der Waals surface area contributed by atoms with Gasteiger partial charge in [0, 0.05) is 24.8 Å². The van der Waals surface area contributed by atoms with Crippen molar-refractivity contribution in [1.29, 1.82) is 0 Å². The van der Waals surface area contributed by atoms with Crippen LogP contribution in [-0.4, -0.2) is 24.3 Å². The first-order chi connectivity index (χ1) is 8.76. The average Bonchev–Trinajstić information content (AvgIpc) is 2.90. The average molecular weight is 252 g/mol. The maximum Gasteiger partial charge on any atom is 0.123 e. The van der Waals surface area contributed by atoms with Crippen molar-refractivity contribution < 1.29 is 9.50 Å². The van der Waals surface area contributed by atoms with Crippen LogP contribution in [0.5, 0.6) is 0 Å². The van der Waals surface area contributed by atoms with Gasteiger partial charge in [0.05, 0.1) is 6.61 Å². The minimum Gasteiger partial charge on any atom is -0.395 e. The molecule has 0 unspecified atom stereocenters. The van der Waals surface area contributed by atoms with Gasteiger partial charge in [0.1, 0.15) is 5.82 Å². The highest BCUT2D eigenvalue weighted by atomic mass is 19.1. The molecule has 0 bridgehead atoms. The highest BCUT2D eigenvalue weighted by Crippen LogP contribution is 2.30. The molecule has 1 aliphatic rings. The zero-order valence-corrected chi connectivity index (χ0v) is 10.6. The van der Waals surface area contributed by atoms with Crippen molar-refractivity contribution in [1.82, 2.24) is 0 Å². The molecule has 2 rings (SSSR count). The molecule has 3 nitrogen and oxygen atoms in total. The Bertz CT molecular complexity index is 391. The van der Waals surface area contributed by atoms with E-state index in [1.54, 1.807) is 6.07 Å². The molecular weight excluding hydrogens is 231 g/mol. The summed E-state index contributed by atoms with van der Waals surface area (Å²) in [6, 6.07) is 5.20. The SMILES string of the molecule is NCc1cc(F)ccc1N(CCO)C1CCCC1. The number of aliphatic hydroxyl groups is 1. The van der Waals surface area contributed by atoms with Crippen LogP contribution in [0.1, 0.15) is 31.2 Å². The van der Waals surface area contributed by atoms with Gasteiger partial charge in [0.15, 0.2) is 0 Å². The van der Waals surface area contributed by atoms with Crippen LogP contribution < -0.4 is 10.6 Å². The molecule has 0 radical (unpaired) electrons. The largest absolute Gasteiger partial charge is 0.395 e. The van der Waals surface area contributed by atoms with Gasteiger partial charge in [-0.2, -0.15) is 0 Å². The van der Waals surface area contributed by atoms with Gasteiger partial charge < -0.3 is 15.7 Å². The lowest BCUT2D eigenvalue weighted by atomic mass is 10.1. The maximum atomic E-state index is 13.2. The van der Waals surface area contributed by atoms with Gasteiger partial charge >= 0.3 is 0 Å². The van der Waals surface area contributed by atoms with E-state index in [2.05, 4.69) is 4.90 Å². The highest BCUT2D eigenvalue weighted by Gasteiger charge is 2.24. The minimum atomic E-state index is -0.255. The van der Waals surface area contributed by atoms with E-state index < -0.39 is 0 Å². The number of hydrogen-bond acceptors (Lipinski definition) is 3. The number of nitrogens with two attached hydrogens (primary N) is 1. The van der Waals surface area contributed by atoms with Crippen LogP contribution in [0.25, 0.3) is 0 Å².